The van der Waals surface area contributed by atoms with E-state index in [2.05, 4.69) is 32.2 Å². The van der Waals surface area contributed by atoms with Crippen molar-refractivity contribution < 1.29 is 14.4 Å². The van der Waals surface area contributed by atoms with Gasteiger partial charge in [0, 0.05) is 37.0 Å². The number of aryl methyl sites for hydroxylation is 2. The highest BCUT2D eigenvalue weighted by molar-refractivity contribution is 6.31. The summed E-state index contributed by atoms with van der Waals surface area (Å²) in [5.41, 5.74) is 5.65. The summed E-state index contributed by atoms with van der Waals surface area (Å²) in [6, 6.07) is 9.89. The number of ether oxygens (including phenoxy) is 1. The highest BCUT2D eigenvalue weighted by atomic mass is 35.5. The van der Waals surface area contributed by atoms with Crippen LogP contribution in [0.15, 0.2) is 41.1 Å². The number of rotatable bonds is 5. The number of halogens is 1. The molecular weight excluding hydrogens is 492 g/mol. The van der Waals surface area contributed by atoms with E-state index in [-0.39, 0.29) is 12.0 Å². The lowest BCUT2D eigenvalue weighted by Crippen LogP contribution is -2.28. The average Bonchev–Trinajstić information content (AvgIpc) is 3.54. The van der Waals surface area contributed by atoms with Crippen LogP contribution in [0.25, 0.3) is 33.4 Å². The molecule has 0 aliphatic carbocycles. The molecule has 6 rings (SSSR count). The van der Waals surface area contributed by atoms with Crippen molar-refractivity contribution in [1.29, 1.82) is 0 Å². The van der Waals surface area contributed by atoms with Crippen molar-refractivity contribution in [3.05, 3.63) is 58.5 Å². The molecule has 9 nitrogen and oxygen atoms in total. The van der Waals surface area contributed by atoms with Crippen molar-refractivity contribution in [2.45, 2.75) is 45.3 Å². The first-order chi connectivity index (χ1) is 17.8. The van der Waals surface area contributed by atoms with Crippen LogP contribution in [0, 0.1) is 12.8 Å². The second kappa shape index (κ2) is 8.93. The zero-order valence-corrected chi connectivity index (χ0v) is 22.0. The van der Waals surface area contributed by atoms with E-state index in [0.717, 1.165) is 46.4 Å². The molecule has 1 unspecified atom stereocenters. The number of benzene rings is 1. The van der Waals surface area contributed by atoms with Crippen LogP contribution in [0.3, 0.4) is 0 Å². The molecule has 1 aliphatic heterocycles. The van der Waals surface area contributed by atoms with Gasteiger partial charge in [-0.2, -0.15) is 0 Å². The molecule has 37 heavy (non-hydrogen) atoms. The van der Waals surface area contributed by atoms with Crippen LogP contribution in [-0.2, 0) is 17.4 Å². The molecule has 1 fully saturated rings. The Morgan fingerprint density at radius 2 is 1.95 bits per heavy atom. The maximum Gasteiger partial charge on any atom is 0.211 e. The van der Waals surface area contributed by atoms with E-state index >= 15 is 0 Å². The molecule has 1 aromatic carbocycles. The highest BCUT2D eigenvalue weighted by Gasteiger charge is 2.36. The summed E-state index contributed by atoms with van der Waals surface area (Å²) in [6.45, 7) is 6.73. The van der Waals surface area contributed by atoms with Crippen molar-refractivity contribution in [3.63, 3.8) is 0 Å². The fourth-order valence-electron chi connectivity index (χ4n) is 5.62. The van der Waals surface area contributed by atoms with Crippen LogP contribution in [0.5, 0.6) is 0 Å². The lowest BCUT2D eigenvalue weighted by Gasteiger charge is -2.33. The fourth-order valence-corrected chi connectivity index (χ4v) is 5.87. The van der Waals surface area contributed by atoms with E-state index in [4.69, 9.17) is 25.8 Å². The molecule has 0 bridgehead atoms. The van der Waals surface area contributed by atoms with Crippen molar-refractivity contribution in [1.82, 2.24) is 29.7 Å². The molecule has 4 aromatic heterocycles. The summed E-state index contributed by atoms with van der Waals surface area (Å²) in [4.78, 5) is 4.84. The third-order valence-corrected chi connectivity index (χ3v) is 7.66. The highest BCUT2D eigenvalue weighted by Crippen LogP contribution is 2.45. The number of hydrogen-bond donors (Lipinski definition) is 1. The molecule has 0 spiro atoms. The van der Waals surface area contributed by atoms with E-state index in [1.54, 1.807) is 18.5 Å². The Bertz CT molecular complexity index is 1590. The lowest BCUT2D eigenvalue weighted by molar-refractivity contribution is 0.0547. The maximum absolute atomic E-state index is 11.1. The number of fused-ring (bicyclic) bond motifs is 3. The molecule has 1 aliphatic rings. The number of nitrogens with zero attached hydrogens (tertiary/aromatic N) is 6. The zero-order valence-electron chi connectivity index (χ0n) is 21.3. The van der Waals surface area contributed by atoms with Gasteiger partial charge in [-0.25, -0.2) is 9.67 Å². The molecule has 1 N–H and O–H groups in total. The second-order valence-corrected chi connectivity index (χ2v) is 10.7. The molecule has 0 saturated carbocycles. The van der Waals surface area contributed by atoms with Crippen LogP contribution in [0.4, 0.5) is 0 Å². The summed E-state index contributed by atoms with van der Waals surface area (Å²) in [7, 11) is 1.87. The Morgan fingerprint density at radius 3 is 2.62 bits per heavy atom. The first kappa shape index (κ1) is 24.1. The molecule has 5 aromatic rings. The van der Waals surface area contributed by atoms with Crippen LogP contribution < -0.4 is 0 Å². The quantitative estimate of drug-likeness (QED) is 0.340. The van der Waals surface area contributed by atoms with Crippen LogP contribution >= 0.6 is 11.6 Å². The lowest BCUT2D eigenvalue weighted by atomic mass is 9.86. The van der Waals surface area contributed by atoms with Gasteiger partial charge in [0.25, 0.3) is 0 Å². The smallest absolute Gasteiger partial charge is 0.211 e. The van der Waals surface area contributed by atoms with Gasteiger partial charge in [0.2, 0.25) is 5.58 Å². The predicted molar refractivity (Wildman–Crippen MR) is 140 cm³/mol. The van der Waals surface area contributed by atoms with Gasteiger partial charge in [-0.1, -0.05) is 40.2 Å². The minimum absolute atomic E-state index is 0.152. The third-order valence-electron chi connectivity index (χ3n) is 7.31. The minimum Gasteiger partial charge on any atom is -0.384 e. The van der Waals surface area contributed by atoms with Gasteiger partial charge in [0.05, 0.1) is 22.9 Å². The van der Waals surface area contributed by atoms with E-state index in [1.807, 2.05) is 38.4 Å². The standard InChI is InChI=1S/C27H29ClN6O3/c1-15-22(33(4)32-30-15)17-13-20-21(29-14-17)25-24(26(31-37-25)27(2,3)35)34(20)23(16-9-11-36-12-10-16)18-7-5-6-8-19(18)28/h5-8,13-14,16,23,35H,9-12H2,1-4H3. The molecule has 0 amide bonds. The molecule has 192 valence electrons. The predicted octanol–water partition coefficient (Wildman–Crippen LogP) is 5.18. The van der Waals surface area contributed by atoms with E-state index in [1.165, 1.54) is 0 Å². The van der Waals surface area contributed by atoms with Gasteiger partial charge >= 0.3 is 0 Å². The van der Waals surface area contributed by atoms with Crippen molar-refractivity contribution in [3.8, 4) is 11.3 Å². The molecule has 5 heterocycles. The van der Waals surface area contributed by atoms with Gasteiger partial charge in [-0.05, 0) is 57.2 Å². The number of aliphatic hydroxyl groups is 1. The normalized spacial score (nSPS) is 16.2. The summed E-state index contributed by atoms with van der Waals surface area (Å²) < 4.78 is 15.6. The summed E-state index contributed by atoms with van der Waals surface area (Å²) in [5, 5.41) is 24.5. The summed E-state index contributed by atoms with van der Waals surface area (Å²) >= 11 is 6.85. The monoisotopic (exact) mass is 520 g/mol. The average molecular weight is 521 g/mol. The van der Waals surface area contributed by atoms with Crippen LogP contribution in [0.2, 0.25) is 5.02 Å². The van der Waals surface area contributed by atoms with E-state index in [9.17, 15) is 5.11 Å². The first-order valence-electron chi connectivity index (χ1n) is 12.5. The fraction of sp³-hybridized carbons (Fsp3) is 0.407. The van der Waals surface area contributed by atoms with Crippen LogP contribution in [-0.4, -0.2) is 48.0 Å². The summed E-state index contributed by atoms with van der Waals surface area (Å²) in [6.07, 6.45) is 3.55. The zero-order chi connectivity index (χ0) is 25.9. The second-order valence-electron chi connectivity index (χ2n) is 10.3. The summed E-state index contributed by atoms with van der Waals surface area (Å²) in [5.74, 6) is 0.237. The Hall–Kier alpha value is -3.27. The SMILES string of the molecule is Cc1nnn(C)c1-c1cnc2c3onc(C(C)(C)O)c3n(C(c3ccccc3Cl)C3CCOCC3)c2c1. The Labute approximate surface area is 219 Å². The van der Waals surface area contributed by atoms with Crippen molar-refractivity contribution in [2.24, 2.45) is 13.0 Å². The topological polar surface area (TPSA) is 104 Å². The molecule has 1 saturated heterocycles. The molecule has 1 atom stereocenters. The maximum atomic E-state index is 11.1. The van der Waals surface area contributed by atoms with E-state index in [0.29, 0.717) is 35.0 Å². The van der Waals surface area contributed by atoms with Crippen LogP contribution in [0.1, 0.15) is 49.7 Å². The largest absolute Gasteiger partial charge is 0.384 e. The number of hydrogen-bond acceptors (Lipinski definition) is 7. The Morgan fingerprint density at radius 1 is 1.19 bits per heavy atom. The van der Waals surface area contributed by atoms with Gasteiger partial charge in [0.15, 0.2) is 0 Å². The van der Waals surface area contributed by atoms with Gasteiger partial charge in [0.1, 0.15) is 22.3 Å². The Kier molecular flexibility index (Phi) is 5.82. The van der Waals surface area contributed by atoms with Gasteiger partial charge in [-0.15, -0.1) is 5.10 Å². The van der Waals surface area contributed by atoms with Crippen molar-refractivity contribution in [2.75, 3.05) is 13.2 Å². The number of aromatic nitrogens is 6. The van der Waals surface area contributed by atoms with Gasteiger partial charge in [-0.3, -0.25) is 0 Å². The number of pyridine rings is 1. The molecule has 0 radical (unpaired) electrons. The molecular formula is C27H29ClN6O3. The molecule has 10 heteroatoms. The Balaban J connectivity index is 1.72. The third kappa shape index (κ3) is 3.93. The van der Waals surface area contributed by atoms with Crippen molar-refractivity contribution >= 4 is 33.7 Å². The van der Waals surface area contributed by atoms with E-state index < -0.39 is 5.60 Å². The minimum atomic E-state index is -1.23. The first-order valence-corrected chi connectivity index (χ1v) is 12.8. The van der Waals surface area contributed by atoms with Gasteiger partial charge < -0.3 is 18.9 Å².